The number of hydrogen-bond acceptors (Lipinski definition) is 3. The molecule has 0 saturated heterocycles. The summed E-state index contributed by atoms with van der Waals surface area (Å²) < 4.78 is 4.06. The Balaban J connectivity index is 2.11. The maximum atomic E-state index is 11.2. The van der Waals surface area contributed by atoms with E-state index in [4.69, 9.17) is 0 Å². The summed E-state index contributed by atoms with van der Waals surface area (Å²) in [4.78, 5) is 19.9. The predicted molar refractivity (Wildman–Crippen MR) is 72.8 cm³/mol. The molecule has 0 amide bonds. The number of imidazole rings is 2. The zero-order valence-electron chi connectivity index (χ0n) is 11.7. The number of aromatic nitrogens is 4. The molecule has 0 radical (unpaired) electrons. The maximum Gasteiger partial charge on any atom is 0.130 e. The Labute approximate surface area is 113 Å². The fourth-order valence-electron chi connectivity index (χ4n) is 2.18. The first kappa shape index (κ1) is 13.5. The zero-order valence-corrected chi connectivity index (χ0v) is 11.7. The van der Waals surface area contributed by atoms with Crippen LogP contribution in [0.4, 0.5) is 0 Å². The van der Waals surface area contributed by atoms with Gasteiger partial charge in [-0.3, -0.25) is 0 Å². The van der Waals surface area contributed by atoms with E-state index in [9.17, 15) is 4.79 Å². The first-order valence-corrected chi connectivity index (χ1v) is 6.56. The van der Waals surface area contributed by atoms with Gasteiger partial charge in [-0.05, 0) is 5.92 Å². The third-order valence-electron chi connectivity index (χ3n) is 3.41. The SMILES string of the molecule is CC(C)C(C=O)c1nccn1CCc1nccn1C. The summed E-state index contributed by atoms with van der Waals surface area (Å²) in [5, 5.41) is 0. The largest absolute Gasteiger partial charge is 0.338 e. The van der Waals surface area contributed by atoms with E-state index in [1.165, 1.54) is 0 Å². The molecule has 0 aliphatic heterocycles. The molecule has 5 nitrogen and oxygen atoms in total. The van der Waals surface area contributed by atoms with Gasteiger partial charge in [-0.25, -0.2) is 9.97 Å². The highest BCUT2D eigenvalue weighted by molar-refractivity contribution is 5.60. The molecular weight excluding hydrogens is 240 g/mol. The summed E-state index contributed by atoms with van der Waals surface area (Å²) >= 11 is 0. The van der Waals surface area contributed by atoms with E-state index in [0.29, 0.717) is 0 Å². The number of rotatable bonds is 6. The lowest BCUT2D eigenvalue weighted by Crippen LogP contribution is -2.16. The molecule has 0 fully saturated rings. The highest BCUT2D eigenvalue weighted by atomic mass is 16.1. The van der Waals surface area contributed by atoms with Crippen molar-refractivity contribution >= 4 is 6.29 Å². The molecule has 102 valence electrons. The number of aryl methyl sites for hydroxylation is 3. The first-order valence-electron chi connectivity index (χ1n) is 6.56. The Kier molecular flexibility index (Phi) is 4.14. The van der Waals surface area contributed by atoms with E-state index >= 15 is 0 Å². The van der Waals surface area contributed by atoms with Crippen molar-refractivity contribution in [3.8, 4) is 0 Å². The number of hydrogen-bond donors (Lipinski definition) is 0. The lowest BCUT2D eigenvalue weighted by Gasteiger charge is -2.16. The fourth-order valence-corrected chi connectivity index (χ4v) is 2.18. The maximum absolute atomic E-state index is 11.2. The van der Waals surface area contributed by atoms with Crippen LogP contribution in [-0.2, 0) is 24.8 Å². The van der Waals surface area contributed by atoms with Crippen LogP contribution in [0.15, 0.2) is 24.8 Å². The smallest absolute Gasteiger partial charge is 0.130 e. The van der Waals surface area contributed by atoms with Crippen molar-refractivity contribution in [2.45, 2.75) is 32.7 Å². The van der Waals surface area contributed by atoms with Crippen molar-refractivity contribution in [3.05, 3.63) is 36.4 Å². The highest BCUT2D eigenvalue weighted by Crippen LogP contribution is 2.20. The van der Waals surface area contributed by atoms with Crippen LogP contribution in [0.25, 0.3) is 0 Å². The van der Waals surface area contributed by atoms with Crippen LogP contribution in [0.5, 0.6) is 0 Å². The Morgan fingerprint density at radius 3 is 2.58 bits per heavy atom. The molecule has 0 aromatic carbocycles. The average molecular weight is 260 g/mol. The van der Waals surface area contributed by atoms with E-state index in [-0.39, 0.29) is 11.8 Å². The molecule has 1 unspecified atom stereocenters. The molecule has 2 rings (SSSR count). The van der Waals surface area contributed by atoms with Crippen LogP contribution in [0.1, 0.15) is 31.4 Å². The van der Waals surface area contributed by atoms with Gasteiger partial charge in [0.05, 0.1) is 5.92 Å². The molecular formula is C14H20N4O. The molecule has 5 heteroatoms. The van der Waals surface area contributed by atoms with Gasteiger partial charge < -0.3 is 13.9 Å². The van der Waals surface area contributed by atoms with Gasteiger partial charge in [-0.15, -0.1) is 0 Å². The molecule has 2 aromatic heterocycles. The van der Waals surface area contributed by atoms with Crippen LogP contribution in [0.2, 0.25) is 0 Å². The first-order chi connectivity index (χ1) is 9.13. The molecule has 0 spiro atoms. The van der Waals surface area contributed by atoms with Crippen molar-refractivity contribution in [3.63, 3.8) is 0 Å². The summed E-state index contributed by atoms with van der Waals surface area (Å²) in [6.07, 6.45) is 9.24. The van der Waals surface area contributed by atoms with E-state index in [1.54, 1.807) is 12.4 Å². The third-order valence-corrected chi connectivity index (χ3v) is 3.41. The molecule has 0 saturated carbocycles. The third kappa shape index (κ3) is 2.92. The second kappa shape index (κ2) is 5.82. The van der Waals surface area contributed by atoms with Crippen molar-refractivity contribution in [1.82, 2.24) is 19.1 Å². The Morgan fingerprint density at radius 1 is 1.26 bits per heavy atom. The second-order valence-corrected chi connectivity index (χ2v) is 5.09. The summed E-state index contributed by atoms with van der Waals surface area (Å²) in [5.74, 6) is 1.99. The second-order valence-electron chi connectivity index (χ2n) is 5.09. The van der Waals surface area contributed by atoms with Gasteiger partial charge in [0.1, 0.15) is 17.9 Å². The number of nitrogens with zero attached hydrogens (tertiary/aromatic N) is 4. The van der Waals surface area contributed by atoms with Crippen LogP contribution < -0.4 is 0 Å². The highest BCUT2D eigenvalue weighted by Gasteiger charge is 2.19. The summed E-state index contributed by atoms with van der Waals surface area (Å²) in [6.45, 7) is 4.87. The molecule has 0 aliphatic rings. The minimum Gasteiger partial charge on any atom is -0.338 e. The quantitative estimate of drug-likeness (QED) is 0.744. The lowest BCUT2D eigenvalue weighted by molar-refractivity contribution is -0.110. The molecule has 2 aromatic rings. The Hall–Kier alpha value is -1.91. The fraction of sp³-hybridized carbons (Fsp3) is 0.500. The van der Waals surface area contributed by atoms with Gasteiger partial charge in [0.25, 0.3) is 0 Å². The number of carbonyl (C=O) groups excluding carboxylic acids is 1. The van der Waals surface area contributed by atoms with Gasteiger partial charge in [0.15, 0.2) is 0 Å². The van der Waals surface area contributed by atoms with E-state index in [2.05, 4.69) is 9.97 Å². The molecule has 19 heavy (non-hydrogen) atoms. The van der Waals surface area contributed by atoms with Crippen molar-refractivity contribution in [2.24, 2.45) is 13.0 Å². The monoisotopic (exact) mass is 260 g/mol. The topological polar surface area (TPSA) is 52.7 Å². The Bertz CT molecular complexity index is 541. The van der Waals surface area contributed by atoms with Crippen molar-refractivity contribution < 1.29 is 4.79 Å². The van der Waals surface area contributed by atoms with E-state index in [1.807, 2.05) is 42.4 Å². The standard InChI is InChI=1S/C14H20N4O/c1-11(2)12(10-19)14-16-6-9-18(14)7-4-13-15-5-8-17(13)3/h5-6,8-12H,4,7H2,1-3H3. The van der Waals surface area contributed by atoms with Crippen LogP contribution >= 0.6 is 0 Å². The molecule has 0 aliphatic carbocycles. The van der Waals surface area contributed by atoms with Crippen LogP contribution in [-0.4, -0.2) is 25.4 Å². The molecule has 1 atom stereocenters. The minimum atomic E-state index is -0.142. The number of aldehydes is 1. The van der Waals surface area contributed by atoms with E-state index in [0.717, 1.165) is 30.9 Å². The zero-order chi connectivity index (χ0) is 13.8. The summed E-state index contributed by atoms with van der Waals surface area (Å²) in [5.41, 5.74) is 0. The summed E-state index contributed by atoms with van der Waals surface area (Å²) in [7, 11) is 1.99. The van der Waals surface area contributed by atoms with E-state index < -0.39 is 0 Å². The summed E-state index contributed by atoms with van der Waals surface area (Å²) in [6, 6.07) is 0. The van der Waals surface area contributed by atoms with Crippen LogP contribution in [0, 0.1) is 5.92 Å². The van der Waals surface area contributed by atoms with Crippen molar-refractivity contribution in [2.75, 3.05) is 0 Å². The average Bonchev–Trinajstić information content (AvgIpc) is 2.97. The number of carbonyl (C=O) groups is 1. The van der Waals surface area contributed by atoms with Gasteiger partial charge in [0, 0.05) is 44.8 Å². The normalized spacial score (nSPS) is 12.8. The van der Waals surface area contributed by atoms with Crippen molar-refractivity contribution in [1.29, 1.82) is 0 Å². The lowest BCUT2D eigenvalue weighted by atomic mass is 9.96. The molecule has 2 heterocycles. The molecule has 0 bridgehead atoms. The minimum absolute atomic E-state index is 0.142. The molecule has 0 N–H and O–H groups in total. The van der Waals surface area contributed by atoms with Gasteiger partial charge in [0.2, 0.25) is 0 Å². The van der Waals surface area contributed by atoms with Crippen LogP contribution in [0.3, 0.4) is 0 Å². The van der Waals surface area contributed by atoms with Gasteiger partial charge in [-0.1, -0.05) is 13.8 Å². The predicted octanol–water partition coefficient (Wildman–Crippen LogP) is 1.80. The Morgan fingerprint density at radius 2 is 2.00 bits per heavy atom. The van der Waals surface area contributed by atoms with Gasteiger partial charge in [-0.2, -0.15) is 0 Å². The van der Waals surface area contributed by atoms with Gasteiger partial charge >= 0.3 is 0 Å².